The molecule has 1 saturated heterocycles. The highest BCUT2D eigenvalue weighted by Crippen LogP contribution is 2.25. The van der Waals surface area contributed by atoms with Gasteiger partial charge in [-0.15, -0.1) is 0 Å². The van der Waals surface area contributed by atoms with E-state index in [4.69, 9.17) is 4.74 Å². The lowest BCUT2D eigenvalue weighted by atomic mass is 10.1. The van der Waals surface area contributed by atoms with Gasteiger partial charge in [-0.25, -0.2) is 9.97 Å². The van der Waals surface area contributed by atoms with Crippen LogP contribution >= 0.6 is 0 Å². The molecule has 29 heavy (non-hydrogen) atoms. The van der Waals surface area contributed by atoms with Crippen LogP contribution in [0, 0.1) is 0 Å². The molecule has 1 aliphatic rings. The number of hydrogen-bond donors (Lipinski definition) is 2. The van der Waals surface area contributed by atoms with E-state index in [9.17, 15) is 4.79 Å². The second-order valence-corrected chi connectivity index (χ2v) is 7.28. The Morgan fingerprint density at radius 3 is 2.72 bits per heavy atom. The summed E-state index contributed by atoms with van der Waals surface area (Å²) in [6.45, 7) is 3.29. The second-order valence-electron chi connectivity index (χ2n) is 7.28. The molecule has 1 aliphatic heterocycles. The van der Waals surface area contributed by atoms with E-state index in [1.165, 1.54) is 0 Å². The maximum absolute atomic E-state index is 12.9. The molecule has 3 heterocycles. The molecule has 0 spiro atoms. The normalized spacial score (nSPS) is 14.9. The number of carbonyl (C=O) groups excluding carboxylic acids is 1. The first-order valence-electron chi connectivity index (χ1n) is 9.75. The fourth-order valence-corrected chi connectivity index (χ4v) is 3.64. The molecule has 0 atom stereocenters. The van der Waals surface area contributed by atoms with E-state index in [1.54, 1.807) is 7.11 Å². The lowest BCUT2D eigenvalue weighted by Crippen LogP contribution is -2.47. The van der Waals surface area contributed by atoms with Crippen molar-refractivity contribution in [1.82, 2.24) is 24.8 Å². The predicted molar refractivity (Wildman–Crippen MR) is 113 cm³/mol. The Labute approximate surface area is 169 Å². The van der Waals surface area contributed by atoms with Gasteiger partial charge < -0.3 is 24.8 Å². The molecular formula is C21H26N6O2. The van der Waals surface area contributed by atoms with Gasteiger partial charge in [-0.3, -0.25) is 4.79 Å². The van der Waals surface area contributed by atoms with Crippen LogP contribution in [0.2, 0.25) is 0 Å². The van der Waals surface area contributed by atoms with Gasteiger partial charge in [0.2, 0.25) is 0 Å². The maximum Gasteiger partial charge on any atom is 0.254 e. The van der Waals surface area contributed by atoms with Crippen LogP contribution in [0.25, 0.3) is 11.0 Å². The highest BCUT2D eigenvalue weighted by Gasteiger charge is 2.21. The molecule has 2 aromatic heterocycles. The SMILES string of the molecule is CNc1nc(Cc2ccc(C(=O)N3CCN(C)CC3)cc2OC)nc2cc[nH]c12. The molecular weight excluding hydrogens is 368 g/mol. The quantitative estimate of drug-likeness (QED) is 0.688. The molecule has 1 aromatic carbocycles. The number of anilines is 1. The molecule has 8 nitrogen and oxygen atoms in total. The highest BCUT2D eigenvalue weighted by molar-refractivity contribution is 5.95. The zero-order valence-electron chi connectivity index (χ0n) is 17.0. The molecule has 0 bridgehead atoms. The number of H-pyrrole nitrogens is 1. The Morgan fingerprint density at radius 1 is 1.21 bits per heavy atom. The molecule has 8 heteroatoms. The van der Waals surface area contributed by atoms with Crippen molar-refractivity contribution in [2.24, 2.45) is 0 Å². The van der Waals surface area contributed by atoms with E-state index in [0.29, 0.717) is 23.6 Å². The largest absolute Gasteiger partial charge is 0.496 e. The van der Waals surface area contributed by atoms with E-state index in [0.717, 1.165) is 48.6 Å². The first-order valence-corrected chi connectivity index (χ1v) is 9.75. The zero-order valence-corrected chi connectivity index (χ0v) is 17.0. The molecule has 4 rings (SSSR count). The average Bonchev–Trinajstić information content (AvgIpc) is 3.22. The number of benzene rings is 1. The summed E-state index contributed by atoms with van der Waals surface area (Å²) < 4.78 is 5.59. The molecule has 1 amide bonds. The number of carbonyl (C=O) groups is 1. The summed E-state index contributed by atoms with van der Waals surface area (Å²) in [5, 5.41) is 3.11. The minimum atomic E-state index is 0.0467. The molecule has 0 unspecified atom stereocenters. The monoisotopic (exact) mass is 394 g/mol. The lowest BCUT2D eigenvalue weighted by molar-refractivity contribution is 0.0663. The molecule has 1 fully saturated rings. The van der Waals surface area contributed by atoms with Gasteiger partial charge in [0.1, 0.15) is 17.1 Å². The average molecular weight is 394 g/mol. The number of methoxy groups -OCH3 is 1. The van der Waals surface area contributed by atoms with Crippen molar-refractivity contribution in [2.45, 2.75) is 6.42 Å². The van der Waals surface area contributed by atoms with Crippen molar-refractivity contribution in [3.05, 3.63) is 47.4 Å². The van der Waals surface area contributed by atoms with Gasteiger partial charge in [0, 0.05) is 57.0 Å². The van der Waals surface area contributed by atoms with Gasteiger partial charge in [-0.1, -0.05) is 6.07 Å². The fraction of sp³-hybridized carbons (Fsp3) is 0.381. The van der Waals surface area contributed by atoms with Gasteiger partial charge in [0.05, 0.1) is 12.6 Å². The van der Waals surface area contributed by atoms with Crippen molar-refractivity contribution in [1.29, 1.82) is 0 Å². The minimum Gasteiger partial charge on any atom is -0.496 e. The smallest absolute Gasteiger partial charge is 0.254 e. The number of amides is 1. The van der Waals surface area contributed by atoms with E-state index < -0.39 is 0 Å². The van der Waals surface area contributed by atoms with Gasteiger partial charge >= 0.3 is 0 Å². The van der Waals surface area contributed by atoms with Crippen LogP contribution in [0.1, 0.15) is 21.7 Å². The Hall–Kier alpha value is -3.13. The number of fused-ring (bicyclic) bond motifs is 1. The van der Waals surface area contributed by atoms with E-state index in [2.05, 4.69) is 32.2 Å². The third-order valence-electron chi connectivity index (χ3n) is 5.36. The summed E-state index contributed by atoms with van der Waals surface area (Å²) >= 11 is 0. The van der Waals surface area contributed by atoms with Crippen LogP contribution in [0.4, 0.5) is 5.82 Å². The third kappa shape index (κ3) is 3.88. The molecule has 0 aliphatic carbocycles. The number of aromatic nitrogens is 3. The lowest BCUT2D eigenvalue weighted by Gasteiger charge is -2.32. The van der Waals surface area contributed by atoms with Gasteiger partial charge in [0.25, 0.3) is 5.91 Å². The van der Waals surface area contributed by atoms with Crippen molar-refractivity contribution >= 4 is 22.8 Å². The van der Waals surface area contributed by atoms with Crippen molar-refractivity contribution in [2.75, 3.05) is 52.7 Å². The van der Waals surface area contributed by atoms with E-state index >= 15 is 0 Å². The zero-order chi connectivity index (χ0) is 20.4. The van der Waals surface area contributed by atoms with E-state index in [-0.39, 0.29) is 5.91 Å². The fourth-order valence-electron chi connectivity index (χ4n) is 3.64. The summed E-state index contributed by atoms with van der Waals surface area (Å²) in [7, 11) is 5.54. The minimum absolute atomic E-state index is 0.0467. The van der Waals surface area contributed by atoms with Crippen molar-refractivity contribution in [3.63, 3.8) is 0 Å². The number of rotatable bonds is 5. The topological polar surface area (TPSA) is 86.4 Å². The third-order valence-corrected chi connectivity index (χ3v) is 5.36. The van der Waals surface area contributed by atoms with Gasteiger partial charge in [-0.2, -0.15) is 0 Å². The Morgan fingerprint density at radius 2 is 2.00 bits per heavy atom. The number of nitrogens with zero attached hydrogens (tertiary/aromatic N) is 4. The number of piperazine rings is 1. The molecule has 0 radical (unpaired) electrons. The van der Waals surface area contributed by atoms with Crippen molar-refractivity contribution in [3.8, 4) is 5.75 Å². The van der Waals surface area contributed by atoms with Crippen molar-refractivity contribution < 1.29 is 9.53 Å². The summed E-state index contributed by atoms with van der Waals surface area (Å²) in [5.74, 6) is 2.17. The Balaban J connectivity index is 1.58. The van der Waals surface area contributed by atoms with Crippen LogP contribution in [0.5, 0.6) is 5.75 Å². The number of hydrogen-bond acceptors (Lipinski definition) is 6. The number of likely N-dealkylation sites (N-methyl/N-ethyl adjacent to an activating group) is 1. The van der Waals surface area contributed by atoms with Crippen LogP contribution in [0.3, 0.4) is 0 Å². The highest BCUT2D eigenvalue weighted by atomic mass is 16.5. The molecule has 3 aromatic rings. The predicted octanol–water partition coefficient (Wildman–Crippen LogP) is 1.99. The Kier molecular flexibility index (Phi) is 5.35. The van der Waals surface area contributed by atoms with Crippen LogP contribution in [0.15, 0.2) is 30.5 Å². The number of nitrogens with one attached hydrogen (secondary N) is 2. The summed E-state index contributed by atoms with van der Waals surface area (Å²) in [4.78, 5) is 29.4. The van der Waals surface area contributed by atoms with Crippen LogP contribution in [-0.4, -0.2) is 78.0 Å². The standard InChI is InChI=1S/C21H26N6O2/c1-22-20-19-16(6-7-23-19)24-18(25-20)13-14-4-5-15(12-17(14)29-3)21(28)27-10-8-26(2)9-11-27/h4-7,12,23H,8-11,13H2,1-3H3,(H,22,24,25). The number of ether oxygens (including phenoxy) is 1. The summed E-state index contributed by atoms with van der Waals surface area (Å²) in [6, 6.07) is 7.55. The molecule has 152 valence electrons. The summed E-state index contributed by atoms with van der Waals surface area (Å²) in [5.41, 5.74) is 3.34. The van der Waals surface area contributed by atoms with Crippen LogP contribution in [-0.2, 0) is 6.42 Å². The second kappa shape index (κ2) is 8.08. The first kappa shape index (κ1) is 19.2. The van der Waals surface area contributed by atoms with E-state index in [1.807, 2.05) is 42.4 Å². The van der Waals surface area contributed by atoms with Gasteiger partial charge in [-0.05, 0) is 25.2 Å². The number of aromatic amines is 1. The van der Waals surface area contributed by atoms with Crippen LogP contribution < -0.4 is 10.1 Å². The summed E-state index contributed by atoms with van der Waals surface area (Å²) in [6.07, 6.45) is 2.37. The van der Waals surface area contributed by atoms with Gasteiger partial charge in [0.15, 0.2) is 5.82 Å². The molecule has 2 N–H and O–H groups in total. The Bertz CT molecular complexity index is 1020. The maximum atomic E-state index is 12.9. The first-order chi connectivity index (χ1) is 14.1. The molecule has 0 saturated carbocycles.